The molecule has 0 bridgehead atoms. The molecule has 0 fully saturated rings. The first kappa shape index (κ1) is 23.6. The van der Waals surface area contributed by atoms with Gasteiger partial charge in [0.15, 0.2) is 23.0 Å². The van der Waals surface area contributed by atoms with Gasteiger partial charge in [0.2, 0.25) is 0 Å². The molecule has 0 heterocycles. The second-order valence-electron chi connectivity index (χ2n) is 5.46. The molecular formula is C20H26O6S3. The third kappa shape index (κ3) is 4.57. The summed E-state index contributed by atoms with van der Waals surface area (Å²) in [5.74, 6) is 3.78. The van der Waals surface area contributed by atoms with Crippen molar-refractivity contribution in [1.29, 1.82) is 0 Å². The van der Waals surface area contributed by atoms with Crippen molar-refractivity contribution in [3.8, 4) is 34.5 Å². The Morgan fingerprint density at radius 1 is 0.517 bits per heavy atom. The zero-order valence-corrected chi connectivity index (χ0v) is 20.3. The Morgan fingerprint density at radius 2 is 0.862 bits per heavy atom. The van der Waals surface area contributed by atoms with Crippen LogP contribution in [0.5, 0.6) is 34.5 Å². The largest absolute Gasteiger partial charge is 0.495 e. The molecule has 2 rings (SSSR count). The van der Waals surface area contributed by atoms with Gasteiger partial charge in [-0.15, -0.1) is 23.5 Å². The van der Waals surface area contributed by atoms with Crippen molar-refractivity contribution < 1.29 is 28.4 Å². The monoisotopic (exact) mass is 458 g/mol. The molecule has 6 nitrogen and oxygen atoms in total. The first-order valence-electron chi connectivity index (χ1n) is 8.46. The van der Waals surface area contributed by atoms with E-state index in [9.17, 15) is 0 Å². The maximum Gasteiger partial charge on any atom is 0.179 e. The molecule has 0 aliphatic carbocycles. The fourth-order valence-corrected chi connectivity index (χ4v) is 5.21. The second-order valence-corrected chi connectivity index (χ2v) is 8.17. The van der Waals surface area contributed by atoms with E-state index in [4.69, 9.17) is 28.4 Å². The van der Waals surface area contributed by atoms with Crippen LogP contribution in [-0.2, 0) is 0 Å². The lowest BCUT2D eigenvalue weighted by molar-refractivity contribution is 0.327. The van der Waals surface area contributed by atoms with Crippen LogP contribution in [0.15, 0.2) is 31.7 Å². The average Bonchev–Trinajstić information content (AvgIpc) is 2.77. The maximum absolute atomic E-state index is 5.72. The average molecular weight is 459 g/mol. The lowest BCUT2D eigenvalue weighted by atomic mass is 10.3. The predicted molar refractivity (Wildman–Crippen MR) is 120 cm³/mol. The highest BCUT2D eigenvalue weighted by Crippen LogP contribution is 2.56. The van der Waals surface area contributed by atoms with Crippen LogP contribution < -0.4 is 28.4 Å². The van der Waals surface area contributed by atoms with Crippen LogP contribution in [0.2, 0.25) is 0 Å². The Bertz CT molecular complexity index is 788. The lowest BCUT2D eigenvalue weighted by Crippen LogP contribution is -2.00. The van der Waals surface area contributed by atoms with Crippen molar-refractivity contribution in [2.75, 3.05) is 55.2 Å². The van der Waals surface area contributed by atoms with Crippen LogP contribution in [0.3, 0.4) is 0 Å². The van der Waals surface area contributed by atoms with E-state index in [0.717, 1.165) is 19.6 Å². The minimum absolute atomic E-state index is 0.582. The highest BCUT2D eigenvalue weighted by Gasteiger charge is 2.27. The van der Waals surface area contributed by atoms with Gasteiger partial charge in [0.05, 0.1) is 52.4 Å². The fourth-order valence-electron chi connectivity index (χ4n) is 2.81. The quantitative estimate of drug-likeness (QED) is 0.439. The van der Waals surface area contributed by atoms with Crippen LogP contribution in [0.4, 0.5) is 0 Å². The molecule has 0 aliphatic rings. The predicted octanol–water partition coefficient (Wildman–Crippen LogP) is 5.33. The van der Waals surface area contributed by atoms with Crippen molar-refractivity contribution in [2.45, 2.75) is 19.6 Å². The van der Waals surface area contributed by atoms with Gasteiger partial charge in [-0.2, -0.15) is 0 Å². The molecule has 0 saturated carbocycles. The van der Waals surface area contributed by atoms with Crippen molar-refractivity contribution >= 4 is 35.3 Å². The summed E-state index contributed by atoms with van der Waals surface area (Å²) in [7, 11) is 9.71. The van der Waals surface area contributed by atoms with Crippen LogP contribution in [0, 0.1) is 0 Å². The van der Waals surface area contributed by atoms with Gasteiger partial charge >= 0.3 is 0 Å². The number of rotatable bonds is 10. The Morgan fingerprint density at radius 3 is 1.10 bits per heavy atom. The molecule has 0 atom stereocenters. The van der Waals surface area contributed by atoms with Gasteiger partial charge < -0.3 is 28.4 Å². The first-order chi connectivity index (χ1) is 14.0. The molecule has 2 aromatic rings. The van der Waals surface area contributed by atoms with Gasteiger partial charge in [-0.1, -0.05) is 11.8 Å². The van der Waals surface area contributed by atoms with Gasteiger partial charge in [-0.05, 0) is 24.6 Å². The van der Waals surface area contributed by atoms with Crippen molar-refractivity contribution in [2.24, 2.45) is 0 Å². The molecule has 0 aromatic heterocycles. The molecular weight excluding hydrogens is 432 g/mol. The third-order valence-corrected chi connectivity index (χ3v) is 6.81. The topological polar surface area (TPSA) is 55.4 Å². The van der Waals surface area contributed by atoms with Crippen molar-refractivity contribution in [3.63, 3.8) is 0 Å². The molecule has 0 amide bonds. The fraction of sp³-hybridized carbons (Fsp3) is 0.400. The van der Waals surface area contributed by atoms with E-state index < -0.39 is 0 Å². The summed E-state index contributed by atoms with van der Waals surface area (Å²) in [5, 5.41) is 0. The highest BCUT2D eigenvalue weighted by atomic mass is 32.2. The summed E-state index contributed by atoms with van der Waals surface area (Å²) >= 11 is 4.52. The lowest BCUT2D eigenvalue weighted by Gasteiger charge is -2.21. The molecule has 0 N–H and O–H groups in total. The zero-order valence-electron chi connectivity index (χ0n) is 17.8. The van der Waals surface area contributed by atoms with Crippen LogP contribution in [0.25, 0.3) is 0 Å². The standard InChI is InChI=1S/C20H26O6S3/c1-21-11-9-13(27-7)15(23-3)17(25-5)19(11)29-20-12(22-2)10-14(28-8)16(24-4)18(20)26-6/h9-10H,1-8H3. The van der Waals surface area contributed by atoms with Gasteiger partial charge in [0.25, 0.3) is 0 Å². The Kier molecular flexibility index (Phi) is 8.85. The molecule has 29 heavy (non-hydrogen) atoms. The highest BCUT2D eigenvalue weighted by molar-refractivity contribution is 8.00. The molecule has 0 spiro atoms. The maximum atomic E-state index is 5.72. The Labute approximate surface area is 184 Å². The summed E-state index contributed by atoms with van der Waals surface area (Å²) in [5.41, 5.74) is 0. The number of ether oxygens (including phenoxy) is 6. The number of hydrogen-bond acceptors (Lipinski definition) is 9. The van der Waals surface area contributed by atoms with Crippen LogP contribution in [0.1, 0.15) is 0 Å². The second kappa shape index (κ2) is 10.9. The van der Waals surface area contributed by atoms with E-state index in [0.29, 0.717) is 34.5 Å². The van der Waals surface area contributed by atoms with Gasteiger partial charge in [0, 0.05) is 0 Å². The van der Waals surface area contributed by atoms with E-state index in [-0.39, 0.29) is 0 Å². The molecule has 160 valence electrons. The van der Waals surface area contributed by atoms with E-state index >= 15 is 0 Å². The number of benzene rings is 2. The first-order valence-corrected chi connectivity index (χ1v) is 11.7. The summed E-state index contributed by atoms with van der Waals surface area (Å²) in [4.78, 5) is 3.33. The van der Waals surface area contributed by atoms with Gasteiger partial charge in [-0.25, -0.2) is 0 Å². The molecule has 2 aromatic carbocycles. The summed E-state index contributed by atoms with van der Waals surface area (Å²) in [6.07, 6.45) is 3.95. The van der Waals surface area contributed by atoms with Crippen LogP contribution >= 0.6 is 35.3 Å². The minimum Gasteiger partial charge on any atom is -0.495 e. The summed E-state index contributed by atoms with van der Waals surface area (Å²) in [6, 6.07) is 3.86. The van der Waals surface area contributed by atoms with Gasteiger partial charge in [-0.3, -0.25) is 0 Å². The molecule has 0 aliphatic heterocycles. The van der Waals surface area contributed by atoms with E-state index in [1.807, 2.05) is 24.6 Å². The minimum atomic E-state index is 0.582. The molecule has 0 saturated heterocycles. The van der Waals surface area contributed by atoms with Crippen LogP contribution in [-0.4, -0.2) is 55.2 Å². The Hall–Kier alpha value is -1.71. The summed E-state index contributed by atoms with van der Waals surface area (Å²) < 4.78 is 34.0. The van der Waals surface area contributed by atoms with Crippen molar-refractivity contribution in [1.82, 2.24) is 0 Å². The van der Waals surface area contributed by atoms with E-state index in [1.165, 1.54) is 11.8 Å². The van der Waals surface area contributed by atoms with Crippen molar-refractivity contribution in [3.05, 3.63) is 12.1 Å². The SMILES string of the molecule is COc1cc(SC)c(OC)c(OC)c1Sc1c(OC)cc(SC)c(OC)c1OC. The third-order valence-electron chi connectivity index (χ3n) is 4.14. The number of hydrogen-bond donors (Lipinski definition) is 0. The van der Waals surface area contributed by atoms with E-state index in [1.54, 1.807) is 66.2 Å². The normalized spacial score (nSPS) is 10.5. The summed E-state index contributed by atoms with van der Waals surface area (Å²) in [6.45, 7) is 0. The number of thioether (sulfide) groups is 2. The molecule has 0 unspecified atom stereocenters. The smallest absolute Gasteiger partial charge is 0.179 e. The zero-order chi connectivity index (χ0) is 21.6. The Balaban J connectivity index is 2.79. The van der Waals surface area contributed by atoms with Gasteiger partial charge in [0.1, 0.15) is 21.3 Å². The molecule has 0 radical (unpaired) electrons. The molecule has 9 heteroatoms. The number of methoxy groups -OCH3 is 6. The van der Waals surface area contributed by atoms with E-state index in [2.05, 4.69) is 0 Å².